The van der Waals surface area contributed by atoms with Crippen LogP contribution in [-0.2, 0) is 0 Å². The number of hydrogen-bond acceptors (Lipinski definition) is 6. The fraction of sp³-hybridized carbons (Fsp3) is 0.524. The van der Waals surface area contributed by atoms with Crippen LogP contribution in [0.2, 0.25) is 0 Å². The van der Waals surface area contributed by atoms with E-state index in [1.807, 2.05) is 0 Å². The van der Waals surface area contributed by atoms with Crippen molar-refractivity contribution >= 4 is 5.91 Å². The summed E-state index contributed by atoms with van der Waals surface area (Å²) in [4.78, 5) is 24.4. The molecule has 1 N–H and O–H groups in total. The third-order valence-electron chi connectivity index (χ3n) is 5.69. The average molecular weight is 402 g/mol. The second-order valence-corrected chi connectivity index (χ2v) is 7.28. The van der Waals surface area contributed by atoms with Gasteiger partial charge in [-0.3, -0.25) is 4.79 Å². The lowest BCUT2D eigenvalue weighted by Gasteiger charge is -2.34. The van der Waals surface area contributed by atoms with Gasteiger partial charge in [0.1, 0.15) is 0 Å². The van der Waals surface area contributed by atoms with Crippen molar-refractivity contribution in [2.45, 2.75) is 51.0 Å². The molecule has 1 aliphatic carbocycles. The fourth-order valence-electron chi connectivity index (χ4n) is 4.07. The molecule has 2 aromatic heterocycles. The molecule has 0 bridgehead atoms. The molecule has 1 atom stereocenters. The third kappa shape index (κ3) is 4.81. The van der Waals surface area contributed by atoms with Crippen LogP contribution in [0.1, 0.15) is 60.9 Å². The Morgan fingerprint density at radius 2 is 1.86 bits per heavy atom. The Morgan fingerprint density at radius 3 is 2.45 bits per heavy atom. The molecule has 1 aliphatic rings. The minimum absolute atomic E-state index is 0.0463. The van der Waals surface area contributed by atoms with E-state index < -0.39 is 0 Å². The zero-order valence-electron chi connectivity index (χ0n) is 17.0. The lowest BCUT2D eigenvalue weighted by Crippen LogP contribution is -2.41. The third-order valence-corrected chi connectivity index (χ3v) is 5.69. The van der Waals surface area contributed by atoms with E-state index in [1.165, 1.54) is 26.6 Å². The Hall–Kier alpha value is -2.77. The monoisotopic (exact) mass is 402 g/mol. The maximum Gasteiger partial charge on any atom is 0.316 e. The summed E-state index contributed by atoms with van der Waals surface area (Å²) in [7, 11) is 2.90. The Labute approximate surface area is 170 Å². The standard InChI is InChI=1S/C21H27FN4O3/c1-4-17(26-19(27)15-11-24-21(29-3)25-12-15)14-7-5-13(6-8-14)16-9-10-23-20(28-2)18(16)22/h9-14,17H,4-8H2,1-3H3,(H,26,27)/t13-,14-,17-/m0/s1. The largest absolute Gasteiger partial charge is 0.479 e. The molecule has 1 fully saturated rings. The molecule has 3 rings (SSSR count). The van der Waals surface area contributed by atoms with Gasteiger partial charge in [-0.05, 0) is 55.6 Å². The predicted molar refractivity (Wildman–Crippen MR) is 106 cm³/mol. The van der Waals surface area contributed by atoms with Gasteiger partial charge in [-0.25, -0.2) is 19.3 Å². The topological polar surface area (TPSA) is 86.2 Å². The van der Waals surface area contributed by atoms with Crippen LogP contribution >= 0.6 is 0 Å². The second-order valence-electron chi connectivity index (χ2n) is 7.28. The van der Waals surface area contributed by atoms with Crippen LogP contribution in [0.5, 0.6) is 11.9 Å². The fourth-order valence-corrected chi connectivity index (χ4v) is 4.07. The number of hydrogen-bond donors (Lipinski definition) is 1. The van der Waals surface area contributed by atoms with Crippen LogP contribution in [0.25, 0.3) is 0 Å². The summed E-state index contributed by atoms with van der Waals surface area (Å²) in [5, 5.41) is 3.11. The van der Waals surface area contributed by atoms with Crippen molar-refractivity contribution in [2.75, 3.05) is 14.2 Å². The average Bonchev–Trinajstić information content (AvgIpc) is 2.77. The highest BCUT2D eigenvalue weighted by atomic mass is 19.1. The van der Waals surface area contributed by atoms with Gasteiger partial charge >= 0.3 is 6.01 Å². The SMILES string of the molecule is CC[C@H](NC(=O)c1cnc(OC)nc1)[C@H]1CC[C@H](c2ccnc(OC)c2F)CC1. The summed E-state index contributed by atoms with van der Waals surface area (Å²) in [5.41, 5.74) is 1.08. The van der Waals surface area contributed by atoms with Crippen molar-refractivity contribution in [3.05, 3.63) is 41.6 Å². The van der Waals surface area contributed by atoms with Crippen molar-refractivity contribution in [3.8, 4) is 11.9 Å². The second kappa shape index (κ2) is 9.62. The van der Waals surface area contributed by atoms with Gasteiger partial charge in [0.2, 0.25) is 5.88 Å². The van der Waals surface area contributed by atoms with Gasteiger partial charge in [0.05, 0.1) is 19.8 Å². The number of nitrogens with one attached hydrogen (secondary N) is 1. The Kier molecular flexibility index (Phi) is 6.95. The number of halogens is 1. The molecular weight excluding hydrogens is 375 g/mol. The van der Waals surface area contributed by atoms with Crippen molar-refractivity contribution in [1.29, 1.82) is 0 Å². The molecule has 0 aromatic carbocycles. The normalized spacial score (nSPS) is 20.0. The van der Waals surface area contributed by atoms with Gasteiger partial charge in [-0.15, -0.1) is 0 Å². The first-order chi connectivity index (χ1) is 14.1. The molecule has 156 valence electrons. The van der Waals surface area contributed by atoms with E-state index in [4.69, 9.17) is 9.47 Å². The number of ether oxygens (including phenoxy) is 2. The highest BCUT2D eigenvalue weighted by molar-refractivity contribution is 5.93. The van der Waals surface area contributed by atoms with Gasteiger partial charge in [0, 0.05) is 24.6 Å². The smallest absolute Gasteiger partial charge is 0.316 e. The Bertz CT molecular complexity index is 823. The summed E-state index contributed by atoms with van der Waals surface area (Å²) in [6.07, 6.45) is 8.93. The van der Waals surface area contributed by atoms with Crippen LogP contribution in [0.4, 0.5) is 4.39 Å². The van der Waals surface area contributed by atoms with Gasteiger partial charge in [0.15, 0.2) is 5.82 Å². The first-order valence-electron chi connectivity index (χ1n) is 9.92. The highest BCUT2D eigenvalue weighted by Gasteiger charge is 2.30. The molecule has 8 heteroatoms. The van der Waals surface area contributed by atoms with E-state index in [0.717, 1.165) is 32.1 Å². The Balaban J connectivity index is 1.60. The Morgan fingerprint density at radius 1 is 1.17 bits per heavy atom. The van der Waals surface area contributed by atoms with Crippen LogP contribution in [-0.4, -0.2) is 41.1 Å². The number of nitrogens with zero attached hydrogens (tertiary/aromatic N) is 3. The van der Waals surface area contributed by atoms with E-state index in [2.05, 4.69) is 27.2 Å². The van der Waals surface area contributed by atoms with Crippen molar-refractivity contribution in [1.82, 2.24) is 20.3 Å². The highest BCUT2D eigenvalue weighted by Crippen LogP contribution is 2.39. The lowest BCUT2D eigenvalue weighted by atomic mass is 9.75. The molecular formula is C21H27FN4O3. The molecule has 7 nitrogen and oxygen atoms in total. The van der Waals surface area contributed by atoms with Crippen LogP contribution in [0.15, 0.2) is 24.7 Å². The maximum atomic E-state index is 14.5. The molecule has 0 unspecified atom stereocenters. The molecule has 2 aromatic rings. The number of aromatic nitrogens is 3. The number of carbonyl (C=O) groups excluding carboxylic acids is 1. The zero-order chi connectivity index (χ0) is 20.8. The van der Waals surface area contributed by atoms with Crippen LogP contribution in [0, 0.1) is 11.7 Å². The van der Waals surface area contributed by atoms with E-state index in [0.29, 0.717) is 17.0 Å². The molecule has 0 saturated heterocycles. The molecule has 29 heavy (non-hydrogen) atoms. The van der Waals surface area contributed by atoms with Crippen molar-refractivity contribution in [2.24, 2.45) is 5.92 Å². The van der Waals surface area contributed by atoms with E-state index in [9.17, 15) is 9.18 Å². The molecule has 2 heterocycles. The van der Waals surface area contributed by atoms with Crippen molar-refractivity contribution in [3.63, 3.8) is 0 Å². The summed E-state index contributed by atoms with van der Waals surface area (Å²) in [6, 6.07) is 2.03. The summed E-state index contributed by atoms with van der Waals surface area (Å²) >= 11 is 0. The molecule has 0 aliphatic heterocycles. The number of amides is 1. The zero-order valence-corrected chi connectivity index (χ0v) is 17.0. The number of pyridine rings is 1. The van der Waals surface area contributed by atoms with Gasteiger partial charge in [0.25, 0.3) is 5.91 Å². The summed E-state index contributed by atoms with van der Waals surface area (Å²) < 4.78 is 24.5. The van der Waals surface area contributed by atoms with Crippen LogP contribution < -0.4 is 14.8 Å². The quantitative estimate of drug-likeness (QED) is 0.763. The summed E-state index contributed by atoms with van der Waals surface area (Å²) in [6.45, 7) is 2.06. The molecule has 1 amide bonds. The van der Waals surface area contributed by atoms with Crippen molar-refractivity contribution < 1.29 is 18.7 Å². The molecule has 0 radical (unpaired) electrons. The lowest BCUT2D eigenvalue weighted by molar-refractivity contribution is 0.0908. The number of carbonyl (C=O) groups is 1. The minimum Gasteiger partial charge on any atom is -0.479 e. The maximum absolute atomic E-state index is 14.5. The first kappa shape index (κ1) is 21.0. The van der Waals surface area contributed by atoms with Gasteiger partial charge in [-0.2, -0.15) is 0 Å². The molecule has 1 saturated carbocycles. The van der Waals surface area contributed by atoms with E-state index in [1.54, 1.807) is 12.3 Å². The van der Waals surface area contributed by atoms with E-state index >= 15 is 0 Å². The summed E-state index contributed by atoms with van der Waals surface area (Å²) in [5.74, 6) is -0.00706. The first-order valence-corrected chi connectivity index (χ1v) is 9.92. The number of rotatable bonds is 7. The predicted octanol–water partition coefficient (Wildman–Crippen LogP) is 3.51. The van der Waals surface area contributed by atoms with Gasteiger partial charge in [-0.1, -0.05) is 6.92 Å². The van der Waals surface area contributed by atoms with E-state index in [-0.39, 0.29) is 35.6 Å². The minimum atomic E-state index is -0.363. The van der Waals surface area contributed by atoms with Gasteiger partial charge < -0.3 is 14.8 Å². The number of methoxy groups -OCH3 is 2. The van der Waals surface area contributed by atoms with Crippen LogP contribution in [0.3, 0.4) is 0 Å². The molecule has 0 spiro atoms.